The lowest BCUT2D eigenvalue weighted by atomic mass is 9.87. The highest BCUT2D eigenvalue weighted by Gasteiger charge is 2.58. The van der Waals surface area contributed by atoms with Gasteiger partial charge in [0.2, 0.25) is 0 Å². The summed E-state index contributed by atoms with van der Waals surface area (Å²) >= 11 is 1.04. The summed E-state index contributed by atoms with van der Waals surface area (Å²) < 4.78 is 53.7. The lowest BCUT2D eigenvalue weighted by molar-refractivity contribution is 0.0395. The zero-order valence-electron chi connectivity index (χ0n) is 16.6. The summed E-state index contributed by atoms with van der Waals surface area (Å²) in [6, 6.07) is 6.97. The lowest BCUT2D eigenvalue weighted by Crippen LogP contribution is -2.51. The van der Waals surface area contributed by atoms with Crippen LogP contribution in [0.5, 0.6) is 5.75 Å². The van der Waals surface area contributed by atoms with Crippen molar-refractivity contribution < 1.29 is 27.4 Å². The highest BCUT2D eigenvalue weighted by atomic mass is 32.2. The number of nitrogens with zero attached hydrogens (tertiary/aromatic N) is 2. The van der Waals surface area contributed by atoms with Crippen molar-refractivity contribution >= 4 is 22.9 Å². The van der Waals surface area contributed by atoms with Crippen molar-refractivity contribution in [2.45, 2.75) is 18.2 Å². The van der Waals surface area contributed by atoms with E-state index < -0.39 is 34.3 Å². The Morgan fingerprint density at radius 3 is 2.77 bits per heavy atom. The largest absolute Gasteiger partial charge is 0.493 e. The molecule has 2 atom stereocenters. The van der Waals surface area contributed by atoms with Gasteiger partial charge in [-0.25, -0.2) is 18.0 Å². The monoisotopic (exact) mass is 451 g/mol. The molecule has 2 heterocycles. The van der Waals surface area contributed by atoms with Gasteiger partial charge in [0, 0.05) is 17.0 Å². The first kappa shape index (κ1) is 21.5. The average molecular weight is 451 g/mol. The first-order valence-corrected chi connectivity index (χ1v) is 10.5. The molecule has 0 aliphatic carbocycles. The smallest absolute Gasteiger partial charge is 0.432 e. The first-order chi connectivity index (χ1) is 14.9. The van der Waals surface area contributed by atoms with Crippen molar-refractivity contribution in [3.05, 3.63) is 65.0 Å². The van der Waals surface area contributed by atoms with E-state index in [-0.39, 0.29) is 30.4 Å². The van der Waals surface area contributed by atoms with E-state index in [4.69, 9.17) is 15.2 Å². The fourth-order valence-corrected chi connectivity index (χ4v) is 5.35. The van der Waals surface area contributed by atoms with E-state index >= 15 is 0 Å². The number of fused-ring (bicyclic) bond motifs is 2. The van der Waals surface area contributed by atoms with Gasteiger partial charge in [-0.05, 0) is 56.3 Å². The normalized spacial score (nSPS) is 22.2. The van der Waals surface area contributed by atoms with Crippen molar-refractivity contribution in [2.75, 3.05) is 19.8 Å². The maximum atomic E-state index is 14.6. The summed E-state index contributed by atoms with van der Waals surface area (Å²) in [5.41, 5.74) is 6.06. The molecular formula is C21H20F3N3O3S. The number of benzene rings is 2. The molecule has 2 aromatic rings. The number of halogens is 3. The lowest BCUT2D eigenvalue weighted by Gasteiger charge is -2.44. The molecule has 0 saturated carbocycles. The summed E-state index contributed by atoms with van der Waals surface area (Å²) in [5, 5.41) is 5.49. The Kier molecular flexibility index (Phi) is 5.85. The molecule has 2 aliphatic rings. The molecule has 0 saturated heterocycles. The van der Waals surface area contributed by atoms with Crippen LogP contribution in [0.3, 0.4) is 0 Å². The van der Waals surface area contributed by atoms with Crippen LogP contribution >= 0.6 is 11.8 Å². The first-order valence-electron chi connectivity index (χ1n) is 9.73. The standard InChI is InChI=1S/C21H20F3N3O3S/c1-2-29-20(28)27-21(31-19(26-27)15-9-13(22)3-5-17(15)24)12(7-8-25)11-30-18-6-4-14(23)10-16(18)21/h3-6,9-10,12H,2,7-8,11,25H2,1H3/t12-,21+/m0/s1. The highest BCUT2D eigenvalue weighted by molar-refractivity contribution is 8.15. The molecule has 0 aromatic heterocycles. The summed E-state index contributed by atoms with van der Waals surface area (Å²) in [6.07, 6.45) is -0.381. The van der Waals surface area contributed by atoms with Crippen molar-refractivity contribution in [1.29, 1.82) is 0 Å². The van der Waals surface area contributed by atoms with Gasteiger partial charge in [0.15, 0.2) is 4.87 Å². The molecule has 1 amide bonds. The van der Waals surface area contributed by atoms with Crippen LogP contribution in [0.15, 0.2) is 41.5 Å². The molecule has 4 rings (SSSR count). The van der Waals surface area contributed by atoms with Gasteiger partial charge in [0.05, 0.1) is 13.2 Å². The van der Waals surface area contributed by atoms with Crippen molar-refractivity contribution in [1.82, 2.24) is 5.01 Å². The van der Waals surface area contributed by atoms with Crippen LogP contribution in [0.2, 0.25) is 0 Å². The van der Waals surface area contributed by atoms with E-state index in [1.165, 1.54) is 18.2 Å². The molecule has 10 heteroatoms. The molecule has 0 unspecified atom stereocenters. The number of thioether (sulfide) groups is 1. The Balaban J connectivity index is 1.92. The van der Waals surface area contributed by atoms with Crippen LogP contribution in [0.1, 0.15) is 24.5 Å². The van der Waals surface area contributed by atoms with Gasteiger partial charge >= 0.3 is 6.09 Å². The summed E-state index contributed by atoms with van der Waals surface area (Å²) in [6.45, 7) is 2.15. The van der Waals surface area contributed by atoms with Crippen molar-refractivity contribution in [2.24, 2.45) is 16.8 Å². The van der Waals surface area contributed by atoms with Gasteiger partial charge in [-0.1, -0.05) is 11.8 Å². The zero-order chi connectivity index (χ0) is 22.2. The van der Waals surface area contributed by atoms with Crippen LogP contribution in [0.25, 0.3) is 0 Å². The zero-order valence-corrected chi connectivity index (χ0v) is 17.4. The highest BCUT2D eigenvalue weighted by Crippen LogP contribution is 2.57. The third-order valence-electron chi connectivity index (χ3n) is 5.19. The molecule has 0 radical (unpaired) electrons. The Bertz CT molecular complexity index is 1050. The number of ether oxygens (including phenoxy) is 2. The number of hydrogen-bond acceptors (Lipinski definition) is 6. The molecule has 0 bridgehead atoms. The van der Waals surface area contributed by atoms with E-state index in [0.29, 0.717) is 17.7 Å². The van der Waals surface area contributed by atoms with E-state index in [9.17, 15) is 18.0 Å². The van der Waals surface area contributed by atoms with Crippen molar-refractivity contribution in [3.8, 4) is 5.75 Å². The Hall–Kier alpha value is -2.72. The minimum atomic E-state index is -1.30. The predicted molar refractivity (Wildman–Crippen MR) is 110 cm³/mol. The Labute approximate surface area is 181 Å². The number of amides is 1. The molecule has 2 aliphatic heterocycles. The fraction of sp³-hybridized carbons (Fsp3) is 0.333. The summed E-state index contributed by atoms with van der Waals surface area (Å²) in [7, 11) is 0. The maximum Gasteiger partial charge on any atom is 0.432 e. The van der Waals surface area contributed by atoms with Crippen LogP contribution in [-0.2, 0) is 9.61 Å². The number of carbonyl (C=O) groups excluding carboxylic acids is 1. The van der Waals surface area contributed by atoms with Crippen molar-refractivity contribution in [3.63, 3.8) is 0 Å². The topological polar surface area (TPSA) is 77.1 Å². The second kappa shape index (κ2) is 8.43. The second-order valence-electron chi connectivity index (χ2n) is 7.06. The van der Waals surface area contributed by atoms with Crippen LogP contribution in [-0.4, -0.2) is 35.9 Å². The molecule has 164 valence electrons. The summed E-state index contributed by atoms with van der Waals surface area (Å²) in [4.78, 5) is 11.6. The molecule has 6 nitrogen and oxygen atoms in total. The number of rotatable bonds is 4. The SMILES string of the molecule is CCOC(=O)N1N=C(c2cc(F)ccc2F)S[C@]12c1cc(F)ccc1OC[C@@H]2CCN. The molecule has 31 heavy (non-hydrogen) atoms. The number of nitrogens with two attached hydrogens (primary N) is 1. The average Bonchev–Trinajstić information content (AvgIpc) is 3.14. The second-order valence-corrected chi connectivity index (χ2v) is 8.28. The van der Waals surface area contributed by atoms with Gasteiger partial charge in [0.25, 0.3) is 0 Å². The Morgan fingerprint density at radius 2 is 2.03 bits per heavy atom. The predicted octanol–water partition coefficient (Wildman–Crippen LogP) is 4.18. The van der Waals surface area contributed by atoms with E-state index in [2.05, 4.69) is 5.10 Å². The van der Waals surface area contributed by atoms with Gasteiger partial charge in [-0.3, -0.25) is 0 Å². The fourth-order valence-electron chi connectivity index (χ4n) is 3.84. The molecule has 2 N–H and O–H groups in total. The minimum Gasteiger partial charge on any atom is -0.493 e. The quantitative estimate of drug-likeness (QED) is 0.755. The van der Waals surface area contributed by atoms with Crippen LogP contribution < -0.4 is 10.5 Å². The number of hydrogen-bond donors (Lipinski definition) is 1. The summed E-state index contributed by atoms with van der Waals surface area (Å²) in [5.74, 6) is -1.94. The third kappa shape index (κ3) is 3.63. The van der Waals surface area contributed by atoms with Crippen LogP contribution in [0.4, 0.5) is 18.0 Å². The van der Waals surface area contributed by atoms with Gasteiger partial charge < -0.3 is 15.2 Å². The minimum absolute atomic E-state index is 0.0727. The molecular weight excluding hydrogens is 431 g/mol. The van der Waals surface area contributed by atoms with Gasteiger partial charge in [-0.15, -0.1) is 0 Å². The molecule has 2 aromatic carbocycles. The third-order valence-corrected chi connectivity index (χ3v) is 6.73. The maximum absolute atomic E-state index is 14.6. The number of hydrazone groups is 1. The molecule has 1 spiro atoms. The van der Waals surface area contributed by atoms with E-state index in [0.717, 1.165) is 35.0 Å². The van der Waals surface area contributed by atoms with Gasteiger partial charge in [-0.2, -0.15) is 10.1 Å². The molecule has 0 fully saturated rings. The Morgan fingerprint density at radius 1 is 1.29 bits per heavy atom. The van der Waals surface area contributed by atoms with Crippen LogP contribution in [0, 0.1) is 23.4 Å². The number of carbonyl (C=O) groups is 1. The van der Waals surface area contributed by atoms with E-state index in [1.807, 2.05) is 0 Å². The van der Waals surface area contributed by atoms with E-state index in [1.54, 1.807) is 6.92 Å². The van der Waals surface area contributed by atoms with Gasteiger partial charge in [0.1, 0.15) is 28.2 Å².